The average molecular weight is 202 g/mol. The number of carbonyl (C=O) groups is 1. The van der Waals surface area contributed by atoms with Gasteiger partial charge in [-0.2, -0.15) is 0 Å². The van der Waals surface area contributed by atoms with Gasteiger partial charge in [0, 0.05) is 6.42 Å². The van der Waals surface area contributed by atoms with Gasteiger partial charge in [0.05, 0.1) is 12.2 Å². The molecule has 2 heteroatoms. The van der Waals surface area contributed by atoms with Crippen LogP contribution in [0.2, 0.25) is 0 Å². The first-order chi connectivity index (χ1) is 7.25. The minimum atomic E-state index is 0.0205. The third-order valence-electron chi connectivity index (χ3n) is 1.93. The highest BCUT2D eigenvalue weighted by Gasteiger charge is 2.06. The molecule has 0 saturated heterocycles. The molecule has 0 heterocycles. The Balaban J connectivity index is 2.66. The Bertz CT molecular complexity index is 396. The van der Waals surface area contributed by atoms with Crippen molar-refractivity contribution >= 4 is 5.78 Å². The quantitative estimate of drug-likeness (QED) is 0.426. The van der Waals surface area contributed by atoms with Gasteiger partial charge < -0.3 is 4.74 Å². The second-order valence-corrected chi connectivity index (χ2v) is 3.08. The van der Waals surface area contributed by atoms with Gasteiger partial charge in [-0.05, 0) is 26.0 Å². The van der Waals surface area contributed by atoms with E-state index in [0.29, 0.717) is 24.3 Å². The highest BCUT2D eigenvalue weighted by molar-refractivity contribution is 5.96. The van der Waals surface area contributed by atoms with Crippen molar-refractivity contribution in [2.75, 3.05) is 6.61 Å². The molecule has 1 aromatic carbocycles. The van der Waals surface area contributed by atoms with Gasteiger partial charge in [-0.3, -0.25) is 4.79 Å². The van der Waals surface area contributed by atoms with Crippen LogP contribution in [0.5, 0.6) is 5.75 Å². The first-order valence-corrected chi connectivity index (χ1v) is 4.88. The van der Waals surface area contributed by atoms with E-state index in [4.69, 9.17) is 4.74 Å². The van der Waals surface area contributed by atoms with Crippen LogP contribution in [0.25, 0.3) is 0 Å². The maximum atomic E-state index is 11.2. The van der Waals surface area contributed by atoms with E-state index in [1.807, 2.05) is 12.1 Å². The van der Waals surface area contributed by atoms with E-state index < -0.39 is 0 Å². The van der Waals surface area contributed by atoms with Crippen LogP contribution in [0.1, 0.15) is 30.6 Å². The summed E-state index contributed by atoms with van der Waals surface area (Å²) in [6.45, 7) is 3.85. The number of hydrogen-bond acceptors (Lipinski definition) is 2. The molecule has 78 valence electrons. The fourth-order valence-electron chi connectivity index (χ4n) is 1.22. The van der Waals surface area contributed by atoms with E-state index in [9.17, 15) is 4.79 Å². The molecule has 0 aliphatic rings. The monoisotopic (exact) mass is 202 g/mol. The third kappa shape index (κ3) is 3.47. The molecule has 0 atom stereocenters. The molecule has 0 aliphatic carbocycles. The summed E-state index contributed by atoms with van der Waals surface area (Å²) in [5.74, 6) is 6.36. The molecule has 0 aliphatic heterocycles. The Labute approximate surface area is 90.3 Å². The molecular formula is C13H14O2. The van der Waals surface area contributed by atoms with Gasteiger partial charge >= 0.3 is 0 Å². The van der Waals surface area contributed by atoms with Gasteiger partial charge in [0.25, 0.3) is 0 Å². The first kappa shape index (κ1) is 11.3. The second kappa shape index (κ2) is 5.87. The summed E-state index contributed by atoms with van der Waals surface area (Å²) >= 11 is 0. The van der Waals surface area contributed by atoms with Gasteiger partial charge in [0.15, 0.2) is 5.78 Å². The first-order valence-electron chi connectivity index (χ1n) is 4.88. The Morgan fingerprint density at radius 1 is 1.40 bits per heavy atom. The third-order valence-corrected chi connectivity index (χ3v) is 1.93. The smallest absolute Gasteiger partial charge is 0.163 e. The molecule has 0 aromatic heterocycles. The number of benzene rings is 1. The van der Waals surface area contributed by atoms with Crippen molar-refractivity contribution in [2.45, 2.75) is 20.3 Å². The molecular weight excluding hydrogens is 188 g/mol. The van der Waals surface area contributed by atoms with Crippen LogP contribution in [-0.4, -0.2) is 12.4 Å². The van der Waals surface area contributed by atoms with Crippen molar-refractivity contribution in [1.29, 1.82) is 0 Å². The molecule has 15 heavy (non-hydrogen) atoms. The maximum absolute atomic E-state index is 11.2. The van der Waals surface area contributed by atoms with Crippen molar-refractivity contribution in [3.05, 3.63) is 29.8 Å². The summed E-state index contributed by atoms with van der Waals surface area (Å²) in [4.78, 5) is 11.2. The molecule has 0 N–H and O–H groups in total. The molecule has 2 nitrogen and oxygen atoms in total. The fourth-order valence-corrected chi connectivity index (χ4v) is 1.22. The van der Waals surface area contributed by atoms with Crippen LogP contribution < -0.4 is 4.74 Å². The standard InChI is InChI=1S/C13H14O2/c1-3-4-7-10-15-13-9-6-5-8-12(13)11(2)14/h5-6,8-9H,7,10H2,1-2H3. The largest absolute Gasteiger partial charge is 0.492 e. The molecule has 0 spiro atoms. The Kier molecular flexibility index (Phi) is 4.43. The maximum Gasteiger partial charge on any atom is 0.163 e. The van der Waals surface area contributed by atoms with Crippen LogP contribution in [0.3, 0.4) is 0 Å². The van der Waals surface area contributed by atoms with Gasteiger partial charge in [-0.1, -0.05) is 12.1 Å². The molecule has 1 rings (SSSR count). The van der Waals surface area contributed by atoms with E-state index in [2.05, 4.69) is 11.8 Å². The minimum absolute atomic E-state index is 0.0205. The van der Waals surface area contributed by atoms with Crippen LogP contribution in [0, 0.1) is 11.8 Å². The lowest BCUT2D eigenvalue weighted by Crippen LogP contribution is -2.01. The Morgan fingerprint density at radius 3 is 2.80 bits per heavy atom. The van der Waals surface area contributed by atoms with Crippen molar-refractivity contribution in [3.63, 3.8) is 0 Å². The highest BCUT2D eigenvalue weighted by atomic mass is 16.5. The van der Waals surface area contributed by atoms with Gasteiger partial charge in [-0.15, -0.1) is 11.8 Å². The van der Waals surface area contributed by atoms with Crippen LogP contribution in [-0.2, 0) is 0 Å². The lowest BCUT2D eigenvalue weighted by atomic mass is 10.1. The number of carbonyl (C=O) groups excluding carboxylic acids is 1. The zero-order chi connectivity index (χ0) is 11.1. The van der Waals surface area contributed by atoms with E-state index >= 15 is 0 Å². The second-order valence-electron chi connectivity index (χ2n) is 3.08. The molecule has 0 fully saturated rings. The average Bonchev–Trinajstić information content (AvgIpc) is 2.25. The number of ketones is 1. The molecule has 0 bridgehead atoms. The predicted octanol–water partition coefficient (Wildman–Crippen LogP) is 2.68. The minimum Gasteiger partial charge on any atom is -0.492 e. The van der Waals surface area contributed by atoms with E-state index in [1.165, 1.54) is 6.92 Å². The normalized spacial score (nSPS) is 8.93. The molecule has 1 aromatic rings. The van der Waals surface area contributed by atoms with E-state index in [1.54, 1.807) is 19.1 Å². The molecule has 0 saturated carbocycles. The summed E-state index contributed by atoms with van der Waals surface area (Å²) in [5, 5.41) is 0. The number of ether oxygens (including phenoxy) is 1. The van der Waals surface area contributed by atoms with Gasteiger partial charge in [0.2, 0.25) is 0 Å². The van der Waals surface area contributed by atoms with E-state index in [-0.39, 0.29) is 5.78 Å². The summed E-state index contributed by atoms with van der Waals surface area (Å²) in [5.41, 5.74) is 0.627. The highest BCUT2D eigenvalue weighted by Crippen LogP contribution is 2.18. The Morgan fingerprint density at radius 2 is 2.13 bits per heavy atom. The van der Waals surface area contributed by atoms with E-state index in [0.717, 1.165) is 0 Å². The van der Waals surface area contributed by atoms with Gasteiger partial charge in [0.1, 0.15) is 5.75 Å². The van der Waals surface area contributed by atoms with Crippen LogP contribution >= 0.6 is 0 Å². The van der Waals surface area contributed by atoms with Crippen LogP contribution in [0.15, 0.2) is 24.3 Å². The molecule has 0 unspecified atom stereocenters. The summed E-state index contributed by atoms with van der Waals surface area (Å²) in [6, 6.07) is 7.25. The summed E-state index contributed by atoms with van der Waals surface area (Å²) in [6.07, 6.45) is 0.683. The Hall–Kier alpha value is -1.75. The van der Waals surface area contributed by atoms with Crippen molar-refractivity contribution in [2.24, 2.45) is 0 Å². The zero-order valence-electron chi connectivity index (χ0n) is 9.04. The topological polar surface area (TPSA) is 26.3 Å². The summed E-state index contributed by atoms with van der Waals surface area (Å²) in [7, 11) is 0. The zero-order valence-corrected chi connectivity index (χ0v) is 9.04. The predicted molar refractivity (Wildman–Crippen MR) is 60.0 cm³/mol. The molecule has 0 radical (unpaired) electrons. The van der Waals surface area contributed by atoms with Gasteiger partial charge in [-0.25, -0.2) is 0 Å². The number of hydrogen-bond donors (Lipinski definition) is 0. The van der Waals surface area contributed by atoms with Crippen molar-refractivity contribution < 1.29 is 9.53 Å². The number of para-hydroxylation sites is 1. The SMILES string of the molecule is CC#CCCOc1ccccc1C(C)=O. The lowest BCUT2D eigenvalue weighted by Gasteiger charge is -2.07. The van der Waals surface area contributed by atoms with Crippen LogP contribution in [0.4, 0.5) is 0 Å². The van der Waals surface area contributed by atoms with Crippen molar-refractivity contribution in [1.82, 2.24) is 0 Å². The lowest BCUT2D eigenvalue weighted by molar-refractivity contribution is 0.101. The number of Topliss-reactive ketones (excluding diaryl/α,β-unsaturated/α-hetero) is 1. The molecule has 0 amide bonds. The summed E-state index contributed by atoms with van der Waals surface area (Å²) < 4.78 is 5.48. The fraction of sp³-hybridized carbons (Fsp3) is 0.308. The number of rotatable bonds is 4. The van der Waals surface area contributed by atoms with Crippen molar-refractivity contribution in [3.8, 4) is 17.6 Å².